The van der Waals surface area contributed by atoms with Crippen LogP contribution in [0.3, 0.4) is 0 Å². The van der Waals surface area contributed by atoms with E-state index in [0.29, 0.717) is 23.8 Å². The fourth-order valence-corrected chi connectivity index (χ4v) is 3.90. The summed E-state index contributed by atoms with van der Waals surface area (Å²) in [4.78, 5) is 14.9. The van der Waals surface area contributed by atoms with Gasteiger partial charge in [0.1, 0.15) is 0 Å². The first-order valence-corrected chi connectivity index (χ1v) is 7.85. The molecule has 2 bridgehead atoms. The van der Waals surface area contributed by atoms with E-state index in [0.717, 1.165) is 32.5 Å². The molecular weight excluding hydrogens is 224 g/mol. The molecule has 102 valence electrons. The van der Waals surface area contributed by atoms with Gasteiger partial charge in [-0.25, -0.2) is 0 Å². The molecule has 0 unspecified atom stereocenters. The zero-order valence-corrected chi connectivity index (χ0v) is 11.4. The highest BCUT2D eigenvalue weighted by Gasteiger charge is 2.33. The lowest BCUT2D eigenvalue weighted by Gasteiger charge is -2.27. The van der Waals surface area contributed by atoms with Gasteiger partial charge in [-0.05, 0) is 38.1 Å². The molecule has 1 aliphatic carbocycles. The Balaban J connectivity index is 1.64. The van der Waals surface area contributed by atoms with Crippen molar-refractivity contribution in [1.82, 2.24) is 10.2 Å². The Labute approximate surface area is 110 Å². The van der Waals surface area contributed by atoms with E-state index in [1.807, 2.05) is 0 Å². The van der Waals surface area contributed by atoms with Crippen LogP contribution in [0, 0.1) is 11.8 Å². The molecular formula is C15H26N2O. The van der Waals surface area contributed by atoms with Gasteiger partial charge in [0.05, 0.1) is 0 Å². The lowest BCUT2D eigenvalue weighted by molar-refractivity contribution is -0.136. The van der Waals surface area contributed by atoms with Crippen LogP contribution in [0.1, 0.15) is 51.4 Å². The first-order valence-electron chi connectivity index (χ1n) is 7.85. The van der Waals surface area contributed by atoms with Gasteiger partial charge in [0.15, 0.2) is 0 Å². The Bertz CT molecular complexity index is 275. The number of piperidine rings is 1. The number of carbonyl (C=O) groups excluding carboxylic acids is 1. The molecule has 1 N–H and O–H groups in total. The van der Waals surface area contributed by atoms with E-state index in [9.17, 15) is 4.79 Å². The molecule has 4 rings (SSSR count). The smallest absolute Gasteiger partial charge is 0.225 e. The van der Waals surface area contributed by atoms with Gasteiger partial charge in [0, 0.05) is 25.0 Å². The number of hydrogen-bond donors (Lipinski definition) is 1. The highest BCUT2D eigenvalue weighted by atomic mass is 16.2. The summed E-state index contributed by atoms with van der Waals surface area (Å²) in [6, 6.07) is 0.568. The minimum absolute atomic E-state index is 0.338. The summed E-state index contributed by atoms with van der Waals surface area (Å²) in [5.74, 6) is 1.51. The highest BCUT2D eigenvalue weighted by molar-refractivity contribution is 5.79. The molecule has 3 nitrogen and oxygen atoms in total. The maximum absolute atomic E-state index is 12.7. The van der Waals surface area contributed by atoms with E-state index in [1.54, 1.807) is 0 Å². The van der Waals surface area contributed by atoms with Crippen molar-refractivity contribution in [1.29, 1.82) is 0 Å². The Morgan fingerprint density at radius 1 is 0.944 bits per heavy atom. The summed E-state index contributed by atoms with van der Waals surface area (Å²) in [6.45, 7) is 3.10. The molecule has 3 saturated heterocycles. The Morgan fingerprint density at radius 3 is 2.39 bits per heavy atom. The summed E-state index contributed by atoms with van der Waals surface area (Å²) in [5.41, 5.74) is 0. The fraction of sp³-hybridized carbons (Fsp3) is 0.933. The number of fused-ring (bicyclic) bond motifs is 4. The maximum Gasteiger partial charge on any atom is 0.225 e. The van der Waals surface area contributed by atoms with Crippen LogP contribution in [0.25, 0.3) is 0 Å². The third-order valence-corrected chi connectivity index (χ3v) is 5.05. The van der Waals surface area contributed by atoms with Crippen molar-refractivity contribution < 1.29 is 4.79 Å². The molecule has 3 heterocycles. The molecule has 4 aliphatic rings. The third-order valence-electron chi connectivity index (χ3n) is 5.05. The first-order chi connectivity index (χ1) is 8.83. The van der Waals surface area contributed by atoms with Crippen molar-refractivity contribution in [3.8, 4) is 0 Å². The summed E-state index contributed by atoms with van der Waals surface area (Å²) in [5, 5.41) is 3.59. The van der Waals surface area contributed by atoms with Crippen molar-refractivity contribution >= 4 is 5.91 Å². The van der Waals surface area contributed by atoms with Crippen LogP contribution in [0.2, 0.25) is 0 Å². The van der Waals surface area contributed by atoms with Gasteiger partial charge >= 0.3 is 0 Å². The molecule has 0 spiro atoms. The predicted octanol–water partition coefficient (Wildman–Crippen LogP) is 2.17. The van der Waals surface area contributed by atoms with Crippen LogP contribution in [0.5, 0.6) is 0 Å². The van der Waals surface area contributed by atoms with Crippen LogP contribution in [-0.4, -0.2) is 36.5 Å². The molecule has 0 radical (unpaired) electrons. The third kappa shape index (κ3) is 2.71. The topological polar surface area (TPSA) is 32.3 Å². The van der Waals surface area contributed by atoms with Crippen LogP contribution in [0.4, 0.5) is 0 Å². The zero-order valence-electron chi connectivity index (χ0n) is 11.4. The Morgan fingerprint density at radius 2 is 1.72 bits per heavy atom. The maximum atomic E-state index is 12.7. The van der Waals surface area contributed by atoms with Gasteiger partial charge in [0.25, 0.3) is 0 Å². The first kappa shape index (κ1) is 12.5. The summed E-state index contributed by atoms with van der Waals surface area (Å²) in [7, 11) is 0. The van der Waals surface area contributed by atoms with Crippen LogP contribution < -0.4 is 5.32 Å². The van der Waals surface area contributed by atoms with E-state index >= 15 is 0 Å². The van der Waals surface area contributed by atoms with Gasteiger partial charge in [-0.15, -0.1) is 0 Å². The average molecular weight is 250 g/mol. The number of nitrogens with zero attached hydrogens (tertiary/aromatic N) is 1. The highest BCUT2D eigenvalue weighted by Crippen LogP contribution is 2.27. The van der Waals surface area contributed by atoms with E-state index in [2.05, 4.69) is 10.2 Å². The van der Waals surface area contributed by atoms with Crippen LogP contribution in [-0.2, 0) is 4.79 Å². The Hall–Kier alpha value is -0.570. The van der Waals surface area contributed by atoms with E-state index in [-0.39, 0.29) is 0 Å². The molecule has 3 heteroatoms. The number of amides is 1. The minimum atomic E-state index is 0.338. The molecule has 3 aliphatic heterocycles. The molecule has 0 aromatic rings. The number of nitrogens with one attached hydrogen (secondary N) is 1. The van der Waals surface area contributed by atoms with Crippen LogP contribution in [0.15, 0.2) is 0 Å². The largest absolute Gasteiger partial charge is 0.341 e. The number of rotatable bonds is 1. The normalized spacial score (nSPS) is 34.1. The number of hydrogen-bond acceptors (Lipinski definition) is 2. The molecule has 0 aromatic carbocycles. The molecule has 0 aromatic heterocycles. The van der Waals surface area contributed by atoms with Crippen molar-refractivity contribution in [3.63, 3.8) is 0 Å². The minimum Gasteiger partial charge on any atom is -0.341 e. The monoisotopic (exact) mass is 250 g/mol. The standard InChI is InChI=1S/C15H26N2O/c18-15(13-5-3-1-2-4-6-13)17-10-12-7-8-14(11-17)16-9-12/h12-14,16H,1-11H2/t12-,14-/m0/s1. The van der Waals surface area contributed by atoms with Crippen molar-refractivity contribution in [2.24, 2.45) is 11.8 Å². The molecule has 1 amide bonds. The summed E-state index contributed by atoms with van der Waals surface area (Å²) in [6.07, 6.45) is 10.0. The van der Waals surface area contributed by atoms with Crippen molar-refractivity contribution in [3.05, 3.63) is 0 Å². The van der Waals surface area contributed by atoms with Gasteiger partial charge in [-0.1, -0.05) is 25.7 Å². The second-order valence-corrected chi connectivity index (χ2v) is 6.48. The Kier molecular flexibility index (Phi) is 3.88. The predicted molar refractivity (Wildman–Crippen MR) is 72.3 cm³/mol. The summed E-state index contributed by atoms with van der Waals surface area (Å²) >= 11 is 0. The second kappa shape index (κ2) is 5.60. The zero-order chi connectivity index (χ0) is 12.4. The molecule has 1 saturated carbocycles. The van der Waals surface area contributed by atoms with Crippen molar-refractivity contribution in [2.45, 2.75) is 57.4 Å². The van der Waals surface area contributed by atoms with E-state index < -0.39 is 0 Å². The number of carbonyl (C=O) groups is 1. The SMILES string of the molecule is O=C(C1CCCCCC1)N1C[C@H]2CC[C@@H](C1)NC2. The molecule has 4 fully saturated rings. The lowest BCUT2D eigenvalue weighted by atomic mass is 9.97. The van der Waals surface area contributed by atoms with Gasteiger partial charge < -0.3 is 10.2 Å². The van der Waals surface area contributed by atoms with E-state index in [1.165, 1.54) is 38.5 Å². The fourth-order valence-electron chi connectivity index (χ4n) is 3.90. The quantitative estimate of drug-likeness (QED) is 0.723. The second-order valence-electron chi connectivity index (χ2n) is 6.48. The van der Waals surface area contributed by atoms with E-state index in [4.69, 9.17) is 0 Å². The summed E-state index contributed by atoms with van der Waals surface area (Å²) < 4.78 is 0. The average Bonchev–Trinajstić information content (AvgIpc) is 2.85. The van der Waals surface area contributed by atoms with Gasteiger partial charge in [-0.3, -0.25) is 4.79 Å². The lowest BCUT2D eigenvalue weighted by Crippen LogP contribution is -2.42. The molecule has 2 atom stereocenters. The van der Waals surface area contributed by atoms with Crippen molar-refractivity contribution in [2.75, 3.05) is 19.6 Å². The van der Waals surface area contributed by atoms with Gasteiger partial charge in [0.2, 0.25) is 5.91 Å². The van der Waals surface area contributed by atoms with Crippen LogP contribution >= 0.6 is 0 Å². The van der Waals surface area contributed by atoms with Gasteiger partial charge in [-0.2, -0.15) is 0 Å². The molecule has 18 heavy (non-hydrogen) atoms.